The lowest BCUT2D eigenvalue weighted by Crippen LogP contribution is -2.19. The second-order valence-corrected chi connectivity index (χ2v) is 5.69. The van der Waals surface area contributed by atoms with Gasteiger partial charge < -0.3 is 14.5 Å². The van der Waals surface area contributed by atoms with Gasteiger partial charge in [-0.1, -0.05) is 0 Å². The number of nitrogens with zero attached hydrogens (tertiary/aromatic N) is 2. The van der Waals surface area contributed by atoms with E-state index in [0.717, 1.165) is 10.6 Å². The summed E-state index contributed by atoms with van der Waals surface area (Å²) in [5.41, 5.74) is -1.81. The molecule has 0 aliphatic rings. The van der Waals surface area contributed by atoms with Gasteiger partial charge in [0, 0.05) is 11.6 Å². The first-order valence-corrected chi connectivity index (χ1v) is 7.70. The molecule has 6 nitrogen and oxygen atoms in total. The van der Waals surface area contributed by atoms with Crippen LogP contribution in [0.5, 0.6) is 11.5 Å². The molecule has 0 aliphatic heterocycles. The number of benzene rings is 2. The van der Waals surface area contributed by atoms with Gasteiger partial charge in [-0.3, -0.25) is 4.57 Å². The fourth-order valence-corrected chi connectivity index (χ4v) is 2.87. The van der Waals surface area contributed by atoms with Gasteiger partial charge in [-0.05, 0) is 24.3 Å². The van der Waals surface area contributed by atoms with Crippen LogP contribution in [-0.2, 0) is 12.7 Å². The average Bonchev–Trinajstić information content (AvgIpc) is 2.95. The molecule has 0 saturated carbocycles. The minimum Gasteiger partial charge on any atom is -0.497 e. The molecule has 0 bridgehead atoms. The normalized spacial score (nSPS) is 11.4. The number of halogens is 3. The molecule has 1 N–H and O–H groups in total. The van der Waals surface area contributed by atoms with E-state index in [1.54, 1.807) is 18.2 Å². The second kappa shape index (κ2) is 6.72. The van der Waals surface area contributed by atoms with Crippen molar-refractivity contribution in [2.45, 2.75) is 12.7 Å². The molecule has 3 rings (SSSR count). The van der Waals surface area contributed by atoms with Gasteiger partial charge in [0.25, 0.3) is 0 Å². The highest BCUT2D eigenvalue weighted by Crippen LogP contribution is 2.37. The average molecular weight is 377 g/mol. The fourth-order valence-electron chi connectivity index (χ4n) is 2.87. The van der Waals surface area contributed by atoms with E-state index in [2.05, 4.69) is 9.83 Å². The molecule has 1 heterocycles. The Balaban J connectivity index is 2.23. The monoisotopic (exact) mass is 377 g/mol. The number of imidazole rings is 1. The number of ether oxygens (including phenoxy) is 2. The Morgan fingerprint density at radius 3 is 2.52 bits per heavy atom. The molecule has 140 valence electrons. The van der Waals surface area contributed by atoms with Crippen molar-refractivity contribution in [1.29, 1.82) is 0 Å². The molecule has 0 spiro atoms. The number of hydrogen-bond donors (Lipinski definition) is 1. The Morgan fingerprint density at radius 2 is 1.93 bits per heavy atom. The van der Waals surface area contributed by atoms with E-state index in [4.69, 9.17) is 16.0 Å². The van der Waals surface area contributed by atoms with Crippen molar-refractivity contribution < 1.29 is 22.6 Å². The Kier molecular flexibility index (Phi) is 4.57. The number of nitrogens with one attached hydrogen (secondary N) is 1. The van der Waals surface area contributed by atoms with Crippen molar-refractivity contribution in [3.63, 3.8) is 0 Å². The van der Waals surface area contributed by atoms with E-state index in [1.165, 1.54) is 20.3 Å². The molecule has 0 radical (unpaired) electrons. The predicted octanol–water partition coefficient (Wildman–Crippen LogP) is 3.96. The van der Waals surface area contributed by atoms with Crippen molar-refractivity contribution in [2.24, 2.45) is 0 Å². The molecule has 3 aromatic rings. The first-order chi connectivity index (χ1) is 12.8. The van der Waals surface area contributed by atoms with Crippen molar-refractivity contribution in [2.75, 3.05) is 14.2 Å². The van der Waals surface area contributed by atoms with Gasteiger partial charge in [0.05, 0.1) is 43.9 Å². The summed E-state index contributed by atoms with van der Waals surface area (Å²) in [5.74, 6) is 0.890. The molecule has 0 fully saturated rings. The maximum absolute atomic E-state index is 13.5. The van der Waals surface area contributed by atoms with Crippen molar-refractivity contribution in [1.82, 2.24) is 9.55 Å². The fraction of sp³-hybridized carbons (Fsp3) is 0.222. The summed E-state index contributed by atoms with van der Waals surface area (Å²) in [6, 6.07) is 6.78. The number of H-pyrrole nitrogens is 1. The van der Waals surface area contributed by atoms with Crippen LogP contribution >= 0.6 is 0 Å². The molecule has 27 heavy (non-hydrogen) atoms. The smallest absolute Gasteiger partial charge is 0.417 e. The lowest BCUT2D eigenvalue weighted by Gasteiger charge is -2.14. The number of methoxy groups -OCH3 is 2. The molecule has 0 atom stereocenters. The van der Waals surface area contributed by atoms with Crippen LogP contribution in [0.25, 0.3) is 15.9 Å². The summed E-state index contributed by atoms with van der Waals surface area (Å²) in [6.07, 6.45) is -4.72. The third kappa shape index (κ3) is 3.33. The van der Waals surface area contributed by atoms with Crippen LogP contribution in [-0.4, -0.2) is 23.8 Å². The number of aromatic nitrogens is 2. The van der Waals surface area contributed by atoms with Crippen LogP contribution in [0.2, 0.25) is 0 Å². The third-order valence-electron chi connectivity index (χ3n) is 4.11. The van der Waals surface area contributed by atoms with Crippen LogP contribution in [0, 0.1) is 6.57 Å². The summed E-state index contributed by atoms with van der Waals surface area (Å²) < 4.78 is 51.9. The highest BCUT2D eigenvalue weighted by atomic mass is 19.4. The van der Waals surface area contributed by atoms with Crippen LogP contribution in [0.3, 0.4) is 0 Å². The van der Waals surface area contributed by atoms with E-state index in [9.17, 15) is 18.0 Å². The number of alkyl halides is 3. The zero-order valence-electron chi connectivity index (χ0n) is 14.3. The maximum Gasteiger partial charge on any atom is 0.417 e. The molecular weight excluding hydrogens is 363 g/mol. The number of fused-ring (bicyclic) bond motifs is 1. The Hall–Kier alpha value is -3.41. The van der Waals surface area contributed by atoms with E-state index in [-0.39, 0.29) is 23.3 Å². The zero-order chi connectivity index (χ0) is 19.8. The molecule has 0 amide bonds. The highest BCUT2D eigenvalue weighted by Gasteiger charge is 2.35. The van der Waals surface area contributed by atoms with Crippen LogP contribution in [0.15, 0.2) is 35.1 Å². The van der Waals surface area contributed by atoms with E-state index >= 15 is 0 Å². The van der Waals surface area contributed by atoms with Gasteiger partial charge in [-0.2, -0.15) is 13.2 Å². The Bertz CT molecular complexity index is 1110. The standard InChI is InChI=1S/C18H14F3N3O3/c1-22-11-6-13(18(19,20)21)16-14(7-11)23-17(25)24(16)9-10-4-5-12(26-2)8-15(10)27-3/h4-8H,9H2,2-3H3,(H,23,25). The van der Waals surface area contributed by atoms with Crippen molar-refractivity contribution >= 4 is 16.7 Å². The van der Waals surface area contributed by atoms with Crippen molar-refractivity contribution in [3.8, 4) is 11.5 Å². The summed E-state index contributed by atoms with van der Waals surface area (Å²) in [5, 5.41) is 0. The van der Waals surface area contributed by atoms with E-state index in [1.807, 2.05) is 0 Å². The lowest BCUT2D eigenvalue weighted by atomic mass is 10.1. The van der Waals surface area contributed by atoms with Crippen LogP contribution in [0.4, 0.5) is 18.9 Å². The molecular formula is C18H14F3N3O3. The quantitative estimate of drug-likeness (QED) is 0.700. The number of hydrogen-bond acceptors (Lipinski definition) is 3. The first-order valence-electron chi connectivity index (χ1n) is 7.70. The molecule has 2 aromatic carbocycles. The first kappa shape index (κ1) is 18.4. The zero-order valence-corrected chi connectivity index (χ0v) is 14.3. The highest BCUT2D eigenvalue weighted by molar-refractivity contribution is 5.84. The molecule has 0 unspecified atom stereocenters. The van der Waals surface area contributed by atoms with Crippen LogP contribution < -0.4 is 15.2 Å². The van der Waals surface area contributed by atoms with Gasteiger partial charge in [-0.15, -0.1) is 0 Å². The Morgan fingerprint density at radius 1 is 1.19 bits per heavy atom. The van der Waals surface area contributed by atoms with Gasteiger partial charge in [-0.25, -0.2) is 9.64 Å². The SMILES string of the molecule is [C-]#[N+]c1cc(C(F)(F)F)c2c(c1)[nH]c(=O)n2Cc1ccc(OC)cc1OC. The maximum atomic E-state index is 13.5. The molecule has 0 aliphatic carbocycles. The van der Waals surface area contributed by atoms with Gasteiger partial charge in [0.15, 0.2) is 5.69 Å². The van der Waals surface area contributed by atoms with E-state index in [0.29, 0.717) is 17.1 Å². The van der Waals surface area contributed by atoms with Gasteiger partial charge in [0.2, 0.25) is 0 Å². The van der Waals surface area contributed by atoms with Crippen LogP contribution in [0.1, 0.15) is 11.1 Å². The van der Waals surface area contributed by atoms with Gasteiger partial charge in [0.1, 0.15) is 11.5 Å². The lowest BCUT2D eigenvalue weighted by molar-refractivity contribution is -0.136. The molecule has 0 saturated heterocycles. The topological polar surface area (TPSA) is 60.6 Å². The number of rotatable bonds is 4. The van der Waals surface area contributed by atoms with Gasteiger partial charge >= 0.3 is 11.9 Å². The predicted molar refractivity (Wildman–Crippen MR) is 92.5 cm³/mol. The Labute approximate surface area is 151 Å². The minimum atomic E-state index is -4.72. The minimum absolute atomic E-state index is 0.0479. The van der Waals surface area contributed by atoms with Crippen molar-refractivity contribution in [3.05, 3.63) is 63.4 Å². The summed E-state index contributed by atoms with van der Waals surface area (Å²) in [6.45, 7) is 6.84. The summed E-state index contributed by atoms with van der Waals surface area (Å²) >= 11 is 0. The third-order valence-corrected chi connectivity index (χ3v) is 4.11. The summed E-state index contributed by atoms with van der Waals surface area (Å²) in [4.78, 5) is 17.8. The number of aromatic amines is 1. The largest absolute Gasteiger partial charge is 0.497 e. The summed E-state index contributed by atoms with van der Waals surface area (Å²) in [7, 11) is 2.89. The second-order valence-electron chi connectivity index (χ2n) is 5.69. The molecule has 1 aromatic heterocycles. The van der Waals surface area contributed by atoms with E-state index < -0.39 is 17.4 Å². The molecule has 9 heteroatoms.